The molecule has 1 atom stereocenters. The Kier molecular flexibility index (Phi) is 3.53. The number of carbonyl (C=O) groups excluding carboxylic acids is 1. The first kappa shape index (κ1) is 11.9. The third-order valence-corrected chi connectivity index (χ3v) is 4.01. The highest BCUT2D eigenvalue weighted by Gasteiger charge is 2.35. The number of amides is 1. The smallest absolute Gasteiger partial charge is 0.234 e. The zero-order valence-electron chi connectivity index (χ0n) is 10.5. The molecule has 2 rings (SSSR count). The fourth-order valence-electron chi connectivity index (χ4n) is 2.55. The number of rotatable bonds is 5. The summed E-state index contributed by atoms with van der Waals surface area (Å²) >= 11 is 0. The number of carbonyl (C=O) groups is 1. The third kappa shape index (κ3) is 3.21. The molecule has 3 nitrogen and oxygen atoms in total. The highest BCUT2D eigenvalue weighted by molar-refractivity contribution is 5.78. The predicted octanol–water partition coefficient (Wildman–Crippen LogP) is 1.68. The Hall–Kier alpha value is -0.570. The molecule has 3 heteroatoms. The summed E-state index contributed by atoms with van der Waals surface area (Å²) in [5.74, 6) is 1.01. The van der Waals surface area contributed by atoms with Gasteiger partial charge in [0.15, 0.2) is 0 Å². The zero-order valence-corrected chi connectivity index (χ0v) is 10.5. The molecule has 2 fully saturated rings. The Morgan fingerprint density at radius 3 is 2.62 bits per heavy atom. The van der Waals surface area contributed by atoms with E-state index in [9.17, 15) is 4.79 Å². The summed E-state index contributed by atoms with van der Waals surface area (Å²) in [4.78, 5) is 11.7. The van der Waals surface area contributed by atoms with Crippen LogP contribution in [0.1, 0.15) is 46.0 Å². The molecule has 0 spiro atoms. The molecular formula is C13H24N2O. The van der Waals surface area contributed by atoms with Gasteiger partial charge in [0, 0.05) is 6.04 Å². The average Bonchev–Trinajstić information content (AvgIpc) is 2.94. The van der Waals surface area contributed by atoms with E-state index >= 15 is 0 Å². The van der Waals surface area contributed by atoms with Crippen LogP contribution in [-0.4, -0.2) is 25.0 Å². The minimum absolute atomic E-state index is 0.167. The SMILES string of the molecule is CC1(C)CCCC1NC(=O)CNCC1CC1. The van der Waals surface area contributed by atoms with Crippen molar-refractivity contribution >= 4 is 5.91 Å². The molecule has 0 aromatic rings. The lowest BCUT2D eigenvalue weighted by Gasteiger charge is -2.27. The predicted molar refractivity (Wildman–Crippen MR) is 65.2 cm³/mol. The molecule has 0 radical (unpaired) electrons. The van der Waals surface area contributed by atoms with Crippen molar-refractivity contribution in [2.75, 3.05) is 13.1 Å². The molecule has 2 N–H and O–H groups in total. The Balaban J connectivity index is 1.65. The quantitative estimate of drug-likeness (QED) is 0.746. The summed E-state index contributed by atoms with van der Waals surface area (Å²) in [7, 11) is 0. The van der Waals surface area contributed by atoms with Crippen molar-refractivity contribution in [2.45, 2.75) is 52.0 Å². The highest BCUT2D eigenvalue weighted by atomic mass is 16.2. The van der Waals surface area contributed by atoms with Crippen molar-refractivity contribution in [3.05, 3.63) is 0 Å². The normalized spacial score (nSPS) is 28.0. The summed E-state index contributed by atoms with van der Waals surface area (Å²) in [5.41, 5.74) is 0.284. The first-order chi connectivity index (χ1) is 7.58. The summed E-state index contributed by atoms with van der Waals surface area (Å²) in [6.45, 7) is 6.01. The summed E-state index contributed by atoms with van der Waals surface area (Å²) < 4.78 is 0. The topological polar surface area (TPSA) is 41.1 Å². The molecule has 2 aliphatic carbocycles. The fourth-order valence-corrected chi connectivity index (χ4v) is 2.55. The molecule has 0 heterocycles. The molecule has 0 aliphatic heterocycles. The summed E-state index contributed by atoms with van der Waals surface area (Å²) in [5, 5.41) is 6.40. The van der Waals surface area contributed by atoms with Crippen LogP contribution < -0.4 is 10.6 Å². The van der Waals surface area contributed by atoms with Crippen molar-refractivity contribution in [3.63, 3.8) is 0 Å². The second-order valence-electron chi connectivity index (χ2n) is 6.08. The van der Waals surface area contributed by atoms with Gasteiger partial charge in [-0.2, -0.15) is 0 Å². The lowest BCUT2D eigenvalue weighted by Crippen LogP contribution is -2.45. The number of hydrogen-bond donors (Lipinski definition) is 2. The fraction of sp³-hybridized carbons (Fsp3) is 0.923. The minimum Gasteiger partial charge on any atom is -0.352 e. The van der Waals surface area contributed by atoms with Crippen molar-refractivity contribution in [1.29, 1.82) is 0 Å². The molecule has 0 saturated heterocycles. The van der Waals surface area contributed by atoms with E-state index in [1.54, 1.807) is 0 Å². The first-order valence-corrected chi connectivity index (χ1v) is 6.58. The molecule has 0 bridgehead atoms. The van der Waals surface area contributed by atoms with Gasteiger partial charge in [0.05, 0.1) is 6.54 Å². The number of nitrogens with one attached hydrogen (secondary N) is 2. The second-order valence-corrected chi connectivity index (χ2v) is 6.08. The third-order valence-electron chi connectivity index (χ3n) is 4.01. The van der Waals surface area contributed by atoms with Crippen LogP contribution in [0.5, 0.6) is 0 Å². The van der Waals surface area contributed by atoms with Gasteiger partial charge in [-0.25, -0.2) is 0 Å². The van der Waals surface area contributed by atoms with Gasteiger partial charge in [0.2, 0.25) is 5.91 Å². The Morgan fingerprint density at radius 1 is 1.31 bits per heavy atom. The molecule has 2 aliphatic rings. The Labute approximate surface area is 98.4 Å². The van der Waals surface area contributed by atoms with Crippen molar-refractivity contribution in [3.8, 4) is 0 Å². The lowest BCUT2D eigenvalue weighted by molar-refractivity contribution is -0.121. The van der Waals surface area contributed by atoms with Gasteiger partial charge >= 0.3 is 0 Å². The van der Waals surface area contributed by atoms with Crippen LogP contribution in [-0.2, 0) is 4.79 Å². The standard InChI is InChI=1S/C13H24N2O/c1-13(2)7-3-4-11(13)15-12(16)9-14-8-10-5-6-10/h10-11,14H,3-9H2,1-2H3,(H,15,16). The maximum absolute atomic E-state index is 11.7. The zero-order chi connectivity index (χ0) is 11.6. The van der Waals surface area contributed by atoms with Crippen LogP contribution >= 0.6 is 0 Å². The molecule has 92 valence electrons. The van der Waals surface area contributed by atoms with Crippen LogP contribution in [0.3, 0.4) is 0 Å². The summed E-state index contributed by atoms with van der Waals surface area (Å²) in [6.07, 6.45) is 6.29. The maximum Gasteiger partial charge on any atom is 0.234 e. The van der Waals surface area contributed by atoms with Crippen molar-refractivity contribution < 1.29 is 4.79 Å². The second kappa shape index (κ2) is 4.74. The van der Waals surface area contributed by atoms with E-state index in [0.29, 0.717) is 12.6 Å². The van der Waals surface area contributed by atoms with E-state index in [1.807, 2.05) is 0 Å². The van der Waals surface area contributed by atoms with Crippen LogP contribution in [0, 0.1) is 11.3 Å². The van der Waals surface area contributed by atoms with Gasteiger partial charge in [-0.1, -0.05) is 20.3 Å². The highest BCUT2D eigenvalue weighted by Crippen LogP contribution is 2.37. The van der Waals surface area contributed by atoms with E-state index in [4.69, 9.17) is 0 Å². The van der Waals surface area contributed by atoms with Gasteiger partial charge in [-0.05, 0) is 43.6 Å². The average molecular weight is 224 g/mol. The maximum atomic E-state index is 11.7. The van der Waals surface area contributed by atoms with Gasteiger partial charge in [0.25, 0.3) is 0 Å². The number of hydrogen-bond acceptors (Lipinski definition) is 2. The molecular weight excluding hydrogens is 200 g/mol. The monoisotopic (exact) mass is 224 g/mol. The van der Waals surface area contributed by atoms with Crippen LogP contribution in [0.2, 0.25) is 0 Å². The van der Waals surface area contributed by atoms with Gasteiger partial charge in [-0.3, -0.25) is 4.79 Å². The lowest BCUT2D eigenvalue weighted by atomic mass is 9.87. The molecule has 0 aromatic carbocycles. The molecule has 0 aromatic heterocycles. The molecule has 1 amide bonds. The van der Waals surface area contributed by atoms with E-state index in [-0.39, 0.29) is 11.3 Å². The van der Waals surface area contributed by atoms with E-state index < -0.39 is 0 Å². The van der Waals surface area contributed by atoms with Crippen molar-refractivity contribution in [1.82, 2.24) is 10.6 Å². The van der Waals surface area contributed by atoms with Gasteiger partial charge in [0.1, 0.15) is 0 Å². The van der Waals surface area contributed by atoms with E-state index in [2.05, 4.69) is 24.5 Å². The largest absolute Gasteiger partial charge is 0.352 e. The van der Waals surface area contributed by atoms with E-state index in [0.717, 1.165) is 18.9 Å². The Morgan fingerprint density at radius 2 is 2.06 bits per heavy atom. The van der Waals surface area contributed by atoms with Crippen LogP contribution in [0.4, 0.5) is 0 Å². The van der Waals surface area contributed by atoms with Crippen molar-refractivity contribution in [2.24, 2.45) is 11.3 Å². The molecule has 1 unspecified atom stereocenters. The Bertz CT molecular complexity index is 259. The molecule has 2 saturated carbocycles. The van der Waals surface area contributed by atoms with Gasteiger partial charge < -0.3 is 10.6 Å². The van der Waals surface area contributed by atoms with E-state index in [1.165, 1.54) is 25.7 Å². The minimum atomic E-state index is 0.167. The molecule has 16 heavy (non-hydrogen) atoms. The summed E-state index contributed by atoms with van der Waals surface area (Å²) in [6, 6.07) is 0.378. The van der Waals surface area contributed by atoms with Crippen LogP contribution in [0.25, 0.3) is 0 Å². The van der Waals surface area contributed by atoms with Gasteiger partial charge in [-0.15, -0.1) is 0 Å². The van der Waals surface area contributed by atoms with Crippen LogP contribution in [0.15, 0.2) is 0 Å². The first-order valence-electron chi connectivity index (χ1n) is 6.58.